The zero-order chi connectivity index (χ0) is 14.8. The minimum Gasteiger partial charge on any atom is -0.478 e. The molecule has 5 heteroatoms. The van der Waals surface area contributed by atoms with E-state index in [2.05, 4.69) is 5.32 Å². The summed E-state index contributed by atoms with van der Waals surface area (Å²) < 4.78 is 0. The molecule has 1 rings (SSSR count). The Bertz CT molecular complexity index is 504. The number of rotatable bonds is 3. The Morgan fingerprint density at radius 3 is 2.37 bits per heavy atom. The van der Waals surface area contributed by atoms with Crippen molar-refractivity contribution in [2.75, 3.05) is 5.32 Å². The first-order valence-corrected chi connectivity index (χ1v) is 6.04. The molecule has 0 aromatic heterocycles. The fourth-order valence-corrected chi connectivity index (χ4v) is 1.66. The summed E-state index contributed by atoms with van der Waals surface area (Å²) in [6.45, 7) is 7.24. The molecule has 4 N–H and O–H groups in total. The van der Waals surface area contributed by atoms with Gasteiger partial charge in [0.25, 0.3) is 0 Å². The quantitative estimate of drug-likeness (QED) is 0.778. The van der Waals surface area contributed by atoms with Crippen LogP contribution in [0.15, 0.2) is 18.2 Å². The molecule has 0 heterocycles. The minimum atomic E-state index is -1.07. The fraction of sp³-hybridized carbons (Fsp3) is 0.429. The van der Waals surface area contributed by atoms with Crippen molar-refractivity contribution in [3.8, 4) is 0 Å². The Morgan fingerprint density at radius 1 is 1.32 bits per heavy atom. The van der Waals surface area contributed by atoms with Gasteiger partial charge in [0.2, 0.25) is 5.91 Å². The second kappa shape index (κ2) is 5.40. The molecule has 0 aliphatic rings. The van der Waals surface area contributed by atoms with Crippen LogP contribution in [0.3, 0.4) is 0 Å². The molecule has 5 nitrogen and oxygen atoms in total. The largest absolute Gasteiger partial charge is 0.478 e. The number of hydrogen-bond donors (Lipinski definition) is 3. The Hall–Kier alpha value is -1.88. The van der Waals surface area contributed by atoms with E-state index in [1.54, 1.807) is 25.1 Å². The molecule has 0 saturated carbocycles. The van der Waals surface area contributed by atoms with E-state index >= 15 is 0 Å². The minimum absolute atomic E-state index is 0.0944. The van der Waals surface area contributed by atoms with Crippen molar-refractivity contribution in [2.24, 2.45) is 11.1 Å². The van der Waals surface area contributed by atoms with Crippen LogP contribution < -0.4 is 11.1 Å². The van der Waals surface area contributed by atoms with E-state index in [9.17, 15) is 14.7 Å². The molecule has 1 amide bonds. The topological polar surface area (TPSA) is 92.4 Å². The number of carbonyl (C=O) groups excluding carboxylic acids is 1. The number of carboxylic acids is 1. The van der Waals surface area contributed by atoms with E-state index in [4.69, 9.17) is 5.73 Å². The van der Waals surface area contributed by atoms with E-state index in [0.717, 1.165) is 0 Å². The number of anilines is 1. The predicted molar refractivity (Wildman–Crippen MR) is 74.2 cm³/mol. The van der Waals surface area contributed by atoms with Crippen molar-refractivity contribution in [2.45, 2.75) is 33.7 Å². The molecule has 0 aliphatic carbocycles. The molecule has 0 fully saturated rings. The number of nitrogens with two attached hydrogens (primary N) is 1. The molecule has 1 aromatic carbocycles. The third-order valence-electron chi connectivity index (χ3n) is 2.96. The lowest BCUT2D eigenvalue weighted by molar-refractivity contribution is -0.119. The standard InChI is InChI=1S/C14H20N2O3/c1-8-6-5-7-9(10(8)13(18)19)16-12(17)11(15)14(2,3)4/h5-7,11H,15H2,1-4H3,(H,16,17)(H,18,19)/t11-/m1/s1. The van der Waals surface area contributed by atoms with Crippen molar-refractivity contribution in [3.63, 3.8) is 0 Å². The second-order valence-corrected chi connectivity index (χ2v) is 5.64. The van der Waals surface area contributed by atoms with Gasteiger partial charge >= 0.3 is 5.97 Å². The first kappa shape index (κ1) is 15.2. The Kier molecular flexibility index (Phi) is 4.32. The van der Waals surface area contributed by atoms with Crippen LogP contribution >= 0.6 is 0 Å². The highest BCUT2D eigenvalue weighted by atomic mass is 16.4. The summed E-state index contributed by atoms with van der Waals surface area (Å²) in [6.07, 6.45) is 0. The van der Waals surface area contributed by atoms with Crippen LogP contribution in [0.2, 0.25) is 0 Å². The molecule has 0 saturated heterocycles. The number of hydrogen-bond acceptors (Lipinski definition) is 3. The van der Waals surface area contributed by atoms with Crippen LogP contribution in [-0.4, -0.2) is 23.0 Å². The predicted octanol–water partition coefficient (Wildman–Crippen LogP) is 2.01. The number of carbonyl (C=O) groups is 2. The van der Waals surface area contributed by atoms with Gasteiger partial charge in [-0.1, -0.05) is 32.9 Å². The van der Waals surface area contributed by atoms with E-state index in [1.807, 2.05) is 20.8 Å². The van der Waals surface area contributed by atoms with Crippen LogP contribution in [0, 0.1) is 12.3 Å². The maximum Gasteiger partial charge on any atom is 0.338 e. The van der Waals surface area contributed by atoms with Crippen molar-refractivity contribution < 1.29 is 14.7 Å². The van der Waals surface area contributed by atoms with Gasteiger partial charge in [0.1, 0.15) is 0 Å². The van der Waals surface area contributed by atoms with E-state index < -0.39 is 17.4 Å². The van der Waals surface area contributed by atoms with Crippen molar-refractivity contribution in [1.82, 2.24) is 0 Å². The van der Waals surface area contributed by atoms with Gasteiger partial charge in [-0.25, -0.2) is 4.79 Å². The summed E-state index contributed by atoms with van der Waals surface area (Å²) >= 11 is 0. The number of amides is 1. The SMILES string of the molecule is Cc1cccc(NC(=O)[C@@H](N)C(C)(C)C)c1C(=O)O. The first-order chi connectivity index (χ1) is 8.64. The molecule has 0 unspecified atom stereocenters. The van der Waals surface area contributed by atoms with Gasteiger partial charge in [0.15, 0.2) is 0 Å². The summed E-state index contributed by atoms with van der Waals surface area (Å²) in [4.78, 5) is 23.2. The van der Waals surface area contributed by atoms with Gasteiger partial charge in [-0.05, 0) is 24.0 Å². The smallest absolute Gasteiger partial charge is 0.338 e. The van der Waals surface area contributed by atoms with Crippen LogP contribution in [0.4, 0.5) is 5.69 Å². The van der Waals surface area contributed by atoms with Gasteiger partial charge in [-0.15, -0.1) is 0 Å². The molecular formula is C14H20N2O3. The average Bonchev–Trinajstić information content (AvgIpc) is 2.26. The highest BCUT2D eigenvalue weighted by Crippen LogP contribution is 2.22. The lowest BCUT2D eigenvalue weighted by atomic mass is 9.87. The van der Waals surface area contributed by atoms with Gasteiger partial charge in [-0.3, -0.25) is 4.79 Å². The first-order valence-electron chi connectivity index (χ1n) is 6.04. The van der Waals surface area contributed by atoms with Crippen LogP contribution in [-0.2, 0) is 4.79 Å². The lowest BCUT2D eigenvalue weighted by Crippen LogP contribution is -2.45. The van der Waals surface area contributed by atoms with Crippen LogP contribution in [0.5, 0.6) is 0 Å². The van der Waals surface area contributed by atoms with Crippen LogP contribution in [0.25, 0.3) is 0 Å². The zero-order valence-corrected chi connectivity index (χ0v) is 11.7. The van der Waals surface area contributed by atoms with Crippen molar-refractivity contribution >= 4 is 17.6 Å². The molecule has 1 aromatic rings. The highest BCUT2D eigenvalue weighted by Gasteiger charge is 2.28. The van der Waals surface area contributed by atoms with Gasteiger partial charge in [0.05, 0.1) is 17.3 Å². The summed E-state index contributed by atoms with van der Waals surface area (Å²) in [5, 5.41) is 11.8. The van der Waals surface area contributed by atoms with E-state index in [0.29, 0.717) is 5.56 Å². The zero-order valence-electron chi connectivity index (χ0n) is 11.7. The molecule has 0 radical (unpaired) electrons. The molecule has 0 bridgehead atoms. The molecule has 104 valence electrons. The lowest BCUT2D eigenvalue weighted by Gasteiger charge is -2.26. The number of carboxylic acid groups (broad SMARTS) is 1. The van der Waals surface area contributed by atoms with E-state index in [1.165, 1.54) is 0 Å². The number of nitrogens with one attached hydrogen (secondary N) is 1. The van der Waals surface area contributed by atoms with Gasteiger partial charge < -0.3 is 16.2 Å². The number of aromatic carboxylic acids is 1. The molecule has 19 heavy (non-hydrogen) atoms. The summed E-state index contributed by atoms with van der Waals surface area (Å²) in [7, 11) is 0. The maximum absolute atomic E-state index is 12.0. The Morgan fingerprint density at radius 2 is 1.89 bits per heavy atom. The van der Waals surface area contributed by atoms with Crippen molar-refractivity contribution in [3.05, 3.63) is 29.3 Å². The fourth-order valence-electron chi connectivity index (χ4n) is 1.66. The number of benzene rings is 1. The molecule has 0 spiro atoms. The normalized spacial score (nSPS) is 12.9. The van der Waals surface area contributed by atoms with Gasteiger partial charge in [-0.2, -0.15) is 0 Å². The molecule has 1 atom stereocenters. The molecule has 0 aliphatic heterocycles. The third kappa shape index (κ3) is 3.54. The van der Waals surface area contributed by atoms with Crippen molar-refractivity contribution in [1.29, 1.82) is 0 Å². The van der Waals surface area contributed by atoms with Crippen LogP contribution in [0.1, 0.15) is 36.7 Å². The number of aryl methyl sites for hydroxylation is 1. The highest BCUT2D eigenvalue weighted by molar-refractivity contribution is 6.03. The monoisotopic (exact) mass is 264 g/mol. The summed E-state index contributed by atoms with van der Waals surface area (Å²) in [5.41, 5.74) is 6.42. The average molecular weight is 264 g/mol. The summed E-state index contributed by atoms with van der Waals surface area (Å²) in [5.74, 6) is -1.46. The van der Waals surface area contributed by atoms with Gasteiger partial charge in [0, 0.05) is 0 Å². The Balaban J connectivity index is 3.04. The Labute approximate surface area is 112 Å². The molecular weight excluding hydrogens is 244 g/mol. The maximum atomic E-state index is 12.0. The summed E-state index contributed by atoms with van der Waals surface area (Å²) in [6, 6.07) is 4.22. The van der Waals surface area contributed by atoms with E-state index in [-0.39, 0.29) is 17.2 Å². The third-order valence-corrected chi connectivity index (χ3v) is 2.96. The second-order valence-electron chi connectivity index (χ2n) is 5.64.